The number of fused-ring (bicyclic) bond motifs is 4. The molecule has 25 heavy (non-hydrogen) atoms. The van der Waals surface area contributed by atoms with Crippen molar-refractivity contribution < 1.29 is 0 Å². The summed E-state index contributed by atoms with van der Waals surface area (Å²) in [6.45, 7) is 14.7. The Morgan fingerprint density at radius 1 is 0.880 bits per heavy atom. The molecule has 4 aliphatic carbocycles. The van der Waals surface area contributed by atoms with Gasteiger partial charge in [0.15, 0.2) is 0 Å². The van der Waals surface area contributed by atoms with Crippen molar-refractivity contribution in [3.05, 3.63) is 0 Å². The highest BCUT2D eigenvalue weighted by molar-refractivity contribution is 5.80. The van der Waals surface area contributed by atoms with Crippen LogP contribution < -0.4 is 16.6 Å². The lowest BCUT2D eigenvalue weighted by Gasteiger charge is -2.40. The molecule has 4 fully saturated rings. The Morgan fingerprint density at radius 3 is 1.84 bits per heavy atom. The number of rotatable bonds is 2. The maximum Gasteiger partial charge on any atom is 0.206 e. The minimum absolute atomic E-state index is 0.305. The second-order valence-electron chi connectivity index (χ2n) is 11.1. The van der Waals surface area contributed by atoms with Gasteiger partial charge >= 0.3 is 0 Å². The fourth-order valence-corrected chi connectivity index (χ4v) is 7.22. The third kappa shape index (κ3) is 2.06. The van der Waals surface area contributed by atoms with Gasteiger partial charge in [-0.2, -0.15) is 0 Å². The van der Waals surface area contributed by atoms with Crippen LogP contribution in [-0.4, -0.2) is 18.0 Å². The predicted octanol–water partition coefficient (Wildman–Crippen LogP) is 3.82. The number of hydrogen-bond acceptors (Lipinski definition) is 2. The van der Waals surface area contributed by atoms with E-state index in [-0.39, 0.29) is 0 Å². The molecule has 6 unspecified atom stereocenters. The van der Waals surface area contributed by atoms with Gasteiger partial charge in [-0.15, -0.1) is 0 Å². The van der Waals surface area contributed by atoms with E-state index in [1.54, 1.807) is 0 Å². The van der Waals surface area contributed by atoms with Crippen molar-refractivity contribution in [2.24, 2.45) is 44.3 Å². The van der Waals surface area contributed by atoms with Gasteiger partial charge < -0.3 is 5.32 Å². The van der Waals surface area contributed by atoms with Gasteiger partial charge in [0, 0.05) is 6.04 Å². The number of nitrogens with two attached hydrogens (primary N) is 1. The van der Waals surface area contributed by atoms with Gasteiger partial charge in [-0.05, 0) is 72.0 Å². The average molecular weight is 347 g/mol. The van der Waals surface area contributed by atoms with Crippen molar-refractivity contribution in [2.75, 3.05) is 0 Å². The zero-order valence-electron chi connectivity index (χ0n) is 17.1. The Balaban J connectivity index is 1.54. The molecule has 0 aromatic heterocycles. The summed E-state index contributed by atoms with van der Waals surface area (Å²) in [6.07, 6.45) is 7.82. The molecule has 0 aromatic carbocycles. The molecule has 4 nitrogen and oxygen atoms in total. The van der Waals surface area contributed by atoms with Crippen LogP contribution in [0, 0.1) is 33.5 Å². The highest BCUT2D eigenvalue weighted by Gasteiger charge is 2.63. The Bertz CT molecular complexity index is 595. The van der Waals surface area contributed by atoms with Crippen molar-refractivity contribution in [3.8, 4) is 0 Å². The Hall–Kier alpha value is -0.770. The third-order valence-corrected chi connectivity index (χ3v) is 10.3. The molecule has 0 amide bonds. The molecule has 4 bridgehead atoms. The highest BCUT2D eigenvalue weighted by atomic mass is 15.3. The molecule has 0 heterocycles. The molecule has 4 rings (SSSR count). The van der Waals surface area contributed by atoms with Gasteiger partial charge in [0.25, 0.3) is 0 Å². The first-order valence-corrected chi connectivity index (χ1v) is 10.4. The number of nitrogens with zero attached hydrogens (tertiary/aromatic N) is 1. The highest BCUT2D eigenvalue weighted by Crippen LogP contribution is 2.67. The SMILES string of the molecule is CC1(C)C2CCC1(C)C(N=C(NN)NC1CC3CCC1(C)C3(C)C)C2. The molecule has 0 aliphatic heterocycles. The summed E-state index contributed by atoms with van der Waals surface area (Å²) >= 11 is 0. The van der Waals surface area contributed by atoms with E-state index in [4.69, 9.17) is 10.8 Å². The number of hydrazine groups is 1. The summed E-state index contributed by atoms with van der Waals surface area (Å²) < 4.78 is 0. The first-order valence-electron chi connectivity index (χ1n) is 10.4. The molecule has 0 spiro atoms. The Kier molecular flexibility index (Phi) is 3.63. The van der Waals surface area contributed by atoms with Crippen LogP contribution >= 0.6 is 0 Å². The van der Waals surface area contributed by atoms with Crippen LogP contribution in [0.5, 0.6) is 0 Å². The van der Waals surface area contributed by atoms with Crippen molar-refractivity contribution in [2.45, 2.75) is 92.2 Å². The summed E-state index contributed by atoms with van der Waals surface area (Å²) in [5.74, 6) is 8.36. The van der Waals surface area contributed by atoms with E-state index in [9.17, 15) is 0 Å². The third-order valence-electron chi connectivity index (χ3n) is 10.3. The van der Waals surface area contributed by atoms with Crippen LogP contribution in [0.3, 0.4) is 0 Å². The summed E-state index contributed by atoms with van der Waals surface area (Å²) in [4.78, 5) is 5.14. The first-order chi connectivity index (χ1) is 11.6. The zero-order chi connectivity index (χ0) is 18.3. The maximum absolute atomic E-state index is 5.90. The summed E-state index contributed by atoms with van der Waals surface area (Å²) in [5, 5.41) is 3.74. The molecule has 4 aliphatic rings. The fourth-order valence-electron chi connectivity index (χ4n) is 7.22. The molecule has 0 aromatic rings. The largest absolute Gasteiger partial charge is 0.352 e. The molecule has 0 radical (unpaired) electrons. The topological polar surface area (TPSA) is 62.4 Å². The zero-order valence-corrected chi connectivity index (χ0v) is 17.1. The van der Waals surface area contributed by atoms with Gasteiger partial charge in [0.05, 0.1) is 6.04 Å². The lowest BCUT2D eigenvalue weighted by Crippen LogP contribution is -2.53. The lowest BCUT2D eigenvalue weighted by molar-refractivity contribution is 0.127. The first kappa shape index (κ1) is 17.6. The lowest BCUT2D eigenvalue weighted by atomic mass is 9.69. The average Bonchev–Trinajstić information content (AvgIpc) is 3.05. The van der Waals surface area contributed by atoms with Gasteiger partial charge in [0.1, 0.15) is 0 Å². The van der Waals surface area contributed by atoms with Crippen LogP contribution in [0.2, 0.25) is 0 Å². The number of aliphatic imine (C=N–C) groups is 1. The number of hydrogen-bond donors (Lipinski definition) is 3. The summed E-state index contributed by atoms with van der Waals surface area (Å²) in [6, 6.07) is 0.870. The molecule has 0 saturated heterocycles. The van der Waals surface area contributed by atoms with Crippen LogP contribution in [0.1, 0.15) is 80.1 Å². The van der Waals surface area contributed by atoms with E-state index in [0.717, 1.165) is 17.8 Å². The van der Waals surface area contributed by atoms with Crippen molar-refractivity contribution in [1.29, 1.82) is 0 Å². The van der Waals surface area contributed by atoms with E-state index >= 15 is 0 Å². The van der Waals surface area contributed by atoms with Gasteiger partial charge in [-0.1, -0.05) is 41.5 Å². The van der Waals surface area contributed by atoms with Crippen LogP contribution in [0.15, 0.2) is 4.99 Å². The van der Waals surface area contributed by atoms with Crippen LogP contribution in [-0.2, 0) is 0 Å². The number of guanidine groups is 1. The van der Waals surface area contributed by atoms with E-state index in [2.05, 4.69) is 52.3 Å². The molecular formula is C21H38N4. The quantitative estimate of drug-likeness (QED) is 0.308. The van der Waals surface area contributed by atoms with E-state index < -0.39 is 0 Å². The molecule has 4 N–H and O–H groups in total. The van der Waals surface area contributed by atoms with Crippen molar-refractivity contribution >= 4 is 5.96 Å². The molecule has 4 saturated carbocycles. The Labute approximate surface area is 153 Å². The second-order valence-corrected chi connectivity index (χ2v) is 11.1. The molecule has 142 valence electrons. The van der Waals surface area contributed by atoms with Crippen LogP contribution in [0.25, 0.3) is 0 Å². The normalized spacial score (nSPS) is 49.6. The Morgan fingerprint density at radius 2 is 1.44 bits per heavy atom. The minimum atomic E-state index is 0.305. The second kappa shape index (κ2) is 5.15. The number of nitrogens with one attached hydrogen (secondary N) is 2. The predicted molar refractivity (Wildman–Crippen MR) is 104 cm³/mol. The monoisotopic (exact) mass is 346 g/mol. The van der Waals surface area contributed by atoms with E-state index in [1.165, 1.54) is 38.5 Å². The van der Waals surface area contributed by atoms with Crippen molar-refractivity contribution in [1.82, 2.24) is 10.7 Å². The summed E-state index contributed by atoms with van der Waals surface area (Å²) in [7, 11) is 0. The van der Waals surface area contributed by atoms with Gasteiger partial charge in [0.2, 0.25) is 5.96 Å². The maximum atomic E-state index is 5.90. The van der Waals surface area contributed by atoms with Gasteiger partial charge in [-0.25, -0.2) is 10.8 Å². The minimum Gasteiger partial charge on any atom is -0.352 e. The van der Waals surface area contributed by atoms with E-state index in [1.807, 2.05) is 0 Å². The van der Waals surface area contributed by atoms with E-state index in [0.29, 0.717) is 33.7 Å². The van der Waals surface area contributed by atoms with Crippen molar-refractivity contribution in [3.63, 3.8) is 0 Å². The van der Waals surface area contributed by atoms with Gasteiger partial charge in [-0.3, -0.25) is 5.43 Å². The molecule has 4 heteroatoms. The molecular weight excluding hydrogens is 308 g/mol. The smallest absolute Gasteiger partial charge is 0.206 e. The summed E-state index contributed by atoms with van der Waals surface area (Å²) in [5.41, 5.74) is 4.35. The standard InChI is InChI=1S/C21H38N4/c1-18(2)13-7-9-20(18,5)15(11-13)23-17(25-22)24-16-12-14-8-10-21(16,6)19(14,3)4/h13-16H,7-12,22H2,1-6H3,(H2,23,24,25). The van der Waals surface area contributed by atoms with Crippen LogP contribution in [0.4, 0.5) is 0 Å². The molecule has 6 atom stereocenters. The fraction of sp³-hybridized carbons (Fsp3) is 0.952.